The molecule has 3 rings (SSSR count). The Hall–Kier alpha value is -3.00. The zero-order valence-corrected chi connectivity index (χ0v) is 18.0. The van der Waals surface area contributed by atoms with E-state index in [1.165, 1.54) is 18.7 Å². The fourth-order valence-electron chi connectivity index (χ4n) is 2.93. The molecule has 0 aliphatic heterocycles. The number of carbonyl (C=O) groups excluding carboxylic acids is 2. The van der Waals surface area contributed by atoms with Crippen LogP contribution in [0.25, 0.3) is 11.4 Å². The minimum atomic E-state index is -0.744. The predicted octanol–water partition coefficient (Wildman–Crippen LogP) is 4.73. The molecule has 1 unspecified atom stereocenters. The number of halogens is 1. The van der Waals surface area contributed by atoms with Gasteiger partial charge >= 0.3 is 11.9 Å². The Morgan fingerprint density at radius 3 is 2.57 bits per heavy atom. The largest absolute Gasteiger partial charge is 0.465 e. The van der Waals surface area contributed by atoms with Crippen molar-refractivity contribution in [3.05, 3.63) is 63.9 Å². The summed E-state index contributed by atoms with van der Waals surface area (Å²) in [5, 5.41) is 1.49. The lowest BCUT2D eigenvalue weighted by atomic mass is 9.96. The molecule has 1 aromatic carbocycles. The van der Waals surface area contributed by atoms with Gasteiger partial charge in [-0.05, 0) is 32.8 Å². The van der Waals surface area contributed by atoms with Gasteiger partial charge in [-0.1, -0.05) is 30.3 Å². The van der Waals surface area contributed by atoms with Crippen LogP contribution < -0.4 is 0 Å². The minimum absolute atomic E-state index is 0.126. The Morgan fingerprint density at radius 1 is 1.23 bits per heavy atom. The minimum Gasteiger partial charge on any atom is -0.465 e. The summed E-state index contributed by atoms with van der Waals surface area (Å²) in [7, 11) is 1.20. The molecule has 2 aromatic heterocycles. The molecule has 30 heavy (non-hydrogen) atoms. The average molecular weight is 431 g/mol. The zero-order chi connectivity index (χ0) is 21.9. The zero-order valence-electron chi connectivity index (χ0n) is 17.2. The Morgan fingerprint density at radius 2 is 1.93 bits per heavy atom. The van der Waals surface area contributed by atoms with E-state index in [0.29, 0.717) is 12.1 Å². The number of carbonyl (C=O) groups is 2. The number of H-pyrrole nitrogens is 1. The van der Waals surface area contributed by atoms with Crippen LogP contribution in [0.3, 0.4) is 0 Å². The predicted molar refractivity (Wildman–Crippen MR) is 112 cm³/mol. The van der Waals surface area contributed by atoms with Gasteiger partial charge in [-0.15, -0.1) is 11.3 Å². The molecule has 6 nitrogen and oxygen atoms in total. The molecular weight excluding hydrogens is 407 g/mol. The van der Waals surface area contributed by atoms with Crippen LogP contribution in [0.1, 0.15) is 47.6 Å². The summed E-state index contributed by atoms with van der Waals surface area (Å²) in [6, 6.07) is 9.55. The van der Waals surface area contributed by atoms with Gasteiger partial charge in [0.05, 0.1) is 12.7 Å². The van der Waals surface area contributed by atoms with Gasteiger partial charge in [-0.3, -0.25) is 4.79 Å². The van der Waals surface area contributed by atoms with Crippen molar-refractivity contribution in [1.29, 1.82) is 0 Å². The number of aromatic amines is 1. The highest BCUT2D eigenvalue weighted by molar-refractivity contribution is 7.12. The molecule has 0 spiro atoms. The molecule has 3 aromatic rings. The number of benzene rings is 1. The van der Waals surface area contributed by atoms with Gasteiger partial charge in [0.2, 0.25) is 0 Å². The molecular formula is C22H23FN2O4S. The molecule has 2 heterocycles. The first-order valence-corrected chi connectivity index (χ1v) is 10.2. The lowest BCUT2D eigenvalue weighted by molar-refractivity contribution is -0.156. The molecule has 0 fully saturated rings. The first-order valence-electron chi connectivity index (χ1n) is 9.37. The van der Waals surface area contributed by atoms with Gasteiger partial charge in [0.25, 0.3) is 0 Å². The van der Waals surface area contributed by atoms with Crippen molar-refractivity contribution in [2.24, 2.45) is 0 Å². The number of hydrogen-bond acceptors (Lipinski definition) is 6. The normalized spacial score (nSPS) is 12.4. The van der Waals surface area contributed by atoms with Gasteiger partial charge in [-0.25, -0.2) is 14.2 Å². The topological polar surface area (TPSA) is 81.3 Å². The smallest absolute Gasteiger partial charge is 0.351 e. The second-order valence-corrected chi connectivity index (χ2v) is 8.63. The second kappa shape index (κ2) is 8.79. The Balaban J connectivity index is 1.93. The van der Waals surface area contributed by atoms with Crippen LogP contribution in [0.2, 0.25) is 0 Å². The Kier molecular flexibility index (Phi) is 6.36. The van der Waals surface area contributed by atoms with Crippen molar-refractivity contribution < 1.29 is 23.5 Å². The van der Waals surface area contributed by atoms with Gasteiger partial charge in [0, 0.05) is 17.3 Å². The highest BCUT2D eigenvalue weighted by atomic mass is 32.1. The summed E-state index contributed by atoms with van der Waals surface area (Å²) in [5.74, 6) is -2.26. The number of hydrogen-bond donors (Lipinski definition) is 1. The van der Waals surface area contributed by atoms with Crippen LogP contribution in [0.5, 0.6) is 0 Å². The summed E-state index contributed by atoms with van der Waals surface area (Å²) in [6.45, 7) is 5.41. The summed E-state index contributed by atoms with van der Waals surface area (Å²) in [6.07, 6.45) is 1.90. The van der Waals surface area contributed by atoms with Crippen molar-refractivity contribution in [2.75, 3.05) is 7.11 Å². The number of aromatic nitrogens is 2. The number of rotatable bonds is 6. The van der Waals surface area contributed by atoms with Crippen molar-refractivity contribution in [3.8, 4) is 11.4 Å². The van der Waals surface area contributed by atoms with Crippen molar-refractivity contribution in [2.45, 2.75) is 38.7 Å². The Labute approximate surface area is 178 Å². The average Bonchev–Trinajstić information content (AvgIpc) is 3.31. The molecule has 0 bridgehead atoms. The number of imidazole rings is 1. The maximum Gasteiger partial charge on any atom is 0.351 e. The summed E-state index contributed by atoms with van der Waals surface area (Å²) >= 11 is 0.937. The lowest BCUT2D eigenvalue weighted by Gasteiger charge is -2.23. The number of thiophene rings is 1. The third-order valence-corrected chi connectivity index (χ3v) is 5.24. The van der Waals surface area contributed by atoms with Crippen LogP contribution in [0, 0.1) is 5.82 Å². The number of methoxy groups -OCH3 is 1. The molecule has 0 saturated heterocycles. The maximum absolute atomic E-state index is 14.7. The molecule has 0 saturated carbocycles. The van der Waals surface area contributed by atoms with Crippen LogP contribution >= 0.6 is 11.3 Å². The summed E-state index contributed by atoms with van der Waals surface area (Å²) in [5.41, 5.74) is 0.964. The summed E-state index contributed by atoms with van der Waals surface area (Å²) < 4.78 is 24.8. The number of nitrogens with zero attached hydrogens (tertiary/aromatic N) is 1. The molecule has 0 amide bonds. The Bertz CT molecular complexity index is 1040. The van der Waals surface area contributed by atoms with Crippen molar-refractivity contribution in [3.63, 3.8) is 0 Å². The third-order valence-electron chi connectivity index (χ3n) is 4.30. The molecule has 158 valence electrons. The van der Waals surface area contributed by atoms with Gasteiger partial charge in [0.15, 0.2) is 5.82 Å². The molecule has 0 aliphatic carbocycles. The fraction of sp³-hybridized carbons (Fsp3) is 0.318. The fourth-order valence-corrected chi connectivity index (χ4v) is 3.77. The van der Waals surface area contributed by atoms with E-state index in [9.17, 15) is 14.0 Å². The molecule has 0 aliphatic rings. The van der Waals surface area contributed by atoms with E-state index in [0.717, 1.165) is 16.9 Å². The van der Waals surface area contributed by atoms with E-state index >= 15 is 0 Å². The van der Waals surface area contributed by atoms with Crippen LogP contribution in [-0.2, 0) is 20.7 Å². The van der Waals surface area contributed by atoms with Gasteiger partial charge in [-0.2, -0.15) is 0 Å². The van der Waals surface area contributed by atoms with E-state index in [1.54, 1.807) is 20.8 Å². The van der Waals surface area contributed by atoms with Crippen molar-refractivity contribution in [1.82, 2.24) is 9.97 Å². The monoisotopic (exact) mass is 430 g/mol. The molecule has 0 radical (unpaired) electrons. The van der Waals surface area contributed by atoms with E-state index in [4.69, 9.17) is 4.74 Å². The van der Waals surface area contributed by atoms with E-state index in [-0.39, 0.29) is 16.3 Å². The van der Waals surface area contributed by atoms with Gasteiger partial charge in [0.1, 0.15) is 22.2 Å². The number of ether oxygens (including phenoxy) is 2. The van der Waals surface area contributed by atoms with Crippen LogP contribution in [-0.4, -0.2) is 34.6 Å². The van der Waals surface area contributed by atoms with Crippen molar-refractivity contribution >= 4 is 23.3 Å². The van der Waals surface area contributed by atoms with E-state index < -0.39 is 29.3 Å². The highest BCUT2D eigenvalue weighted by Crippen LogP contribution is 2.31. The summed E-state index contributed by atoms with van der Waals surface area (Å²) in [4.78, 5) is 31.7. The lowest BCUT2D eigenvalue weighted by Crippen LogP contribution is -2.29. The molecule has 1 N–H and O–H groups in total. The second-order valence-electron chi connectivity index (χ2n) is 7.75. The quantitative estimate of drug-likeness (QED) is 0.572. The SMILES string of the molecule is COC(=O)c1scc(-c2ncc(C(Cc3ccccc3)C(=O)OC(C)(C)C)[nH]2)c1F. The third kappa shape index (κ3) is 4.94. The molecule has 1 atom stereocenters. The van der Waals surface area contributed by atoms with Crippen LogP contribution in [0.4, 0.5) is 4.39 Å². The van der Waals surface area contributed by atoms with E-state index in [2.05, 4.69) is 14.7 Å². The maximum atomic E-state index is 14.7. The van der Waals surface area contributed by atoms with Crippen LogP contribution in [0.15, 0.2) is 41.9 Å². The highest BCUT2D eigenvalue weighted by Gasteiger charge is 2.29. The number of esters is 2. The number of nitrogens with one attached hydrogen (secondary N) is 1. The first kappa shape index (κ1) is 21.7. The standard InChI is InChI=1S/C22H23FN2O4S/c1-22(2,3)29-20(26)14(10-13-8-6-5-7-9-13)16-11-24-19(25-16)15-12-30-18(17(15)23)21(27)28-4/h5-9,11-12,14H,10H2,1-4H3,(H,24,25). The van der Waals surface area contributed by atoms with E-state index in [1.807, 2.05) is 30.3 Å². The first-order chi connectivity index (χ1) is 14.2. The van der Waals surface area contributed by atoms with Gasteiger partial charge < -0.3 is 14.5 Å². The molecule has 8 heteroatoms.